The number of hydrogen-bond acceptors (Lipinski definition) is 2. The molecule has 0 aliphatic rings. The molecule has 0 aromatic heterocycles. The SMILES string of the molecule is CCCCCCCCCCCCC=C=O.CCCCCCCCCCCCCCC=C=O. The Hall–Kier alpha value is -1.10. The van der Waals surface area contributed by atoms with E-state index in [0.29, 0.717) is 0 Å². The molecule has 0 aliphatic carbocycles. The third kappa shape index (κ3) is 36.3. The fourth-order valence-electron chi connectivity index (χ4n) is 3.94. The zero-order valence-corrected chi connectivity index (χ0v) is 21.9. The predicted molar refractivity (Wildman–Crippen MR) is 143 cm³/mol. The molecule has 0 spiro atoms. The fraction of sp³-hybridized carbons (Fsp3) is 0.867. The highest BCUT2D eigenvalue weighted by atomic mass is 16.1. The van der Waals surface area contributed by atoms with Gasteiger partial charge in [0.25, 0.3) is 0 Å². The number of allylic oxidation sites excluding steroid dienone is 2. The molecule has 0 amide bonds. The zero-order valence-electron chi connectivity index (χ0n) is 21.9. The van der Waals surface area contributed by atoms with E-state index in [1.165, 1.54) is 128 Å². The average Bonchev–Trinajstić information content (AvgIpc) is 2.81. The van der Waals surface area contributed by atoms with Crippen LogP contribution in [0.4, 0.5) is 0 Å². The van der Waals surface area contributed by atoms with Crippen LogP contribution in [0.5, 0.6) is 0 Å². The molecule has 0 unspecified atom stereocenters. The summed E-state index contributed by atoms with van der Waals surface area (Å²) in [5.41, 5.74) is 0. The monoisotopic (exact) mass is 448 g/mol. The molecule has 0 N–H and O–H groups in total. The molecule has 0 saturated carbocycles. The number of rotatable bonds is 24. The minimum absolute atomic E-state index is 0.917. The predicted octanol–water partition coefficient (Wildman–Crippen LogP) is 10.2. The molecule has 2 nitrogen and oxygen atoms in total. The van der Waals surface area contributed by atoms with Gasteiger partial charge in [-0.15, -0.1) is 0 Å². The van der Waals surface area contributed by atoms with E-state index in [9.17, 15) is 9.59 Å². The largest absolute Gasteiger partial charge is 0.234 e. The van der Waals surface area contributed by atoms with Gasteiger partial charge in [0, 0.05) is 0 Å². The van der Waals surface area contributed by atoms with Crippen LogP contribution < -0.4 is 0 Å². The van der Waals surface area contributed by atoms with Gasteiger partial charge in [-0.3, -0.25) is 0 Å². The molecule has 0 rings (SSSR count). The Kier molecular flexibility index (Phi) is 35.7. The van der Waals surface area contributed by atoms with Gasteiger partial charge >= 0.3 is 0 Å². The van der Waals surface area contributed by atoms with Crippen LogP contribution in [0.1, 0.15) is 168 Å². The normalized spacial score (nSPS) is 10.1. The summed E-state index contributed by atoms with van der Waals surface area (Å²) in [6.45, 7) is 4.53. The molecule has 0 heterocycles. The summed E-state index contributed by atoms with van der Waals surface area (Å²) in [6.07, 6.45) is 35.0. The molecule has 0 aliphatic heterocycles. The van der Waals surface area contributed by atoms with E-state index < -0.39 is 0 Å². The maximum Gasteiger partial charge on any atom is 0.120 e. The lowest BCUT2D eigenvalue weighted by atomic mass is 10.0. The van der Waals surface area contributed by atoms with Gasteiger partial charge in [0.2, 0.25) is 0 Å². The van der Waals surface area contributed by atoms with Crippen molar-refractivity contribution in [3.63, 3.8) is 0 Å². The molecule has 2 heteroatoms. The van der Waals surface area contributed by atoms with E-state index in [2.05, 4.69) is 13.8 Å². The van der Waals surface area contributed by atoms with Gasteiger partial charge in [-0.2, -0.15) is 0 Å². The zero-order chi connectivity index (χ0) is 23.8. The van der Waals surface area contributed by atoms with Crippen molar-refractivity contribution in [2.75, 3.05) is 0 Å². The van der Waals surface area contributed by atoms with Crippen LogP contribution in [-0.2, 0) is 9.59 Å². The van der Waals surface area contributed by atoms with Gasteiger partial charge in [0.15, 0.2) is 0 Å². The molecule has 188 valence electrons. The summed E-state index contributed by atoms with van der Waals surface area (Å²) in [5, 5.41) is 0. The van der Waals surface area contributed by atoms with E-state index in [-0.39, 0.29) is 0 Å². The maximum absolute atomic E-state index is 9.93. The highest BCUT2D eigenvalue weighted by Crippen LogP contribution is 2.13. The van der Waals surface area contributed by atoms with E-state index in [4.69, 9.17) is 0 Å². The summed E-state index contributed by atoms with van der Waals surface area (Å²) < 4.78 is 0. The lowest BCUT2D eigenvalue weighted by molar-refractivity contribution is 0.544. The summed E-state index contributed by atoms with van der Waals surface area (Å²) in [5.74, 6) is 3.66. The quantitative estimate of drug-likeness (QED) is 0.109. The topological polar surface area (TPSA) is 34.1 Å². The van der Waals surface area contributed by atoms with Crippen LogP contribution >= 0.6 is 0 Å². The lowest BCUT2D eigenvalue weighted by Gasteiger charge is -2.01. The Bertz CT molecular complexity index is 417. The van der Waals surface area contributed by atoms with E-state index in [1.807, 2.05) is 11.9 Å². The number of hydrogen-bond donors (Lipinski definition) is 0. The van der Waals surface area contributed by atoms with E-state index in [0.717, 1.165) is 25.7 Å². The Morgan fingerprint density at radius 1 is 0.375 bits per heavy atom. The average molecular weight is 449 g/mol. The van der Waals surface area contributed by atoms with Crippen molar-refractivity contribution >= 4 is 11.9 Å². The smallest absolute Gasteiger partial charge is 0.120 e. The van der Waals surface area contributed by atoms with Crippen LogP contribution in [0.15, 0.2) is 12.2 Å². The van der Waals surface area contributed by atoms with Crippen molar-refractivity contribution in [3.8, 4) is 0 Å². The first-order chi connectivity index (χ1) is 15.8. The lowest BCUT2D eigenvalue weighted by Crippen LogP contribution is -1.82. The van der Waals surface area contributed by atoms with Crippen molar-refractivity contribution in [3.05, 3.63) is 12.2 Å². The van der Waals surface area contributed by atoms with Gasteiger partial charge in [0.05, 0.1) is 0 Å². The Morgan fingerprint density at radius 2 is 0.594 bits per heavy atom. The molecule has 0 fully saturated rings. The second kappa shape index (κ2) is 34.5. The molecular weight excluding hydrogens is 392 g/mol. The fourth-order valence-corrected chi connectivity index (χ4v) is 3.94. The van der Waals surface area contributed by atoms with Gasteiger partial charge in [-0.25, -0.2) is 9.59 Å². The molecule has 0 atom stereocenters. The molecule has 0 radical (unpaired) electrons. The first kappa shape index (κ1) is 33.1. The molecule has 0 bridgehead atoms. The Morgan fingerprint density at radius 3 is 0.812 bits per heavy atom. The van der Waals surface area contributed by atoms with Crippen LogP contribution in [0.2, 0.25) is 0 Å². The van der Waals surface area contributed by atoms with Crippen LogP contribution in [0.3, 0.4) is 0 Å². The van der Waals surface area contributed by atoms with Gasteiger partial charge in [0.1, 0.15) is 11.9 Å². The molecule has 32 heavy (non-hydrogen) atoms. The first-order valence-corrected chi connectivity index (χ1v) is 14.2. The first-order valence-electron chi connectivity index (χ1n) is 14.2. The third-order valence-electron chi connectivity index (χ3n) is 6.07. The van der Waals surface area contributed by atoms with E-state index in [1.54, 1.807) is 12.2 Å². The second-order valence-corrected chi connectivity index (χ2v) is 9.29. The summed E-state index contributed by atoms with van der Waals surface area (Å²) in [7, 11) is 0. The number of carbonyl (C=O) groups excluding carboxylic acids is 2. The van der Waals surface area contributed by atoms with Crippen LogP contribution in [0.25, 0.3) is 0 Å². The molecular formula is C30H56O2. The van der Waals surface area contributed by atoms with Crippen LogP contribution in [0, 0.1) is 0 Å². The molecule has 0 saturated heterocycles. The second-order valence-electron chi connectivity index (χ2n) is 9.29. The summed E-state index contributed by atoms with van der Waals surface area (Å²) in [4.78, 5) is 19.8. The van der Waals surface area contributed by atoms with Crippen molar-refractivity contribution in [1.29, 1.82) is 0 Å². The van der Waals surface area contributed by atoms with Gasteiger partial charge in [-0.1, -0.05) is 142 Å². The Labute approximate surface area is 201 Å². The number of unbranched alkanes of at least 4 members (excludes halogenated alkanes) is 22. The minimum Gasteiger partial charge on any atom is -0.234 e. The van der Waals surface area contributed by atoms with E-state index >= 15 is 0 Å². The molecule has 0 aromatic rings. The highest BCUT2D eigenvalue weighted by Gasteiger charge is 1.93. The van der Waals surface area contributed by atoms with Crippen molar-refractivity contribution < 1.29 is 9.59 Å². The van der Waals surface area contributed by atoms with Gasteiger partial charge < -0.3 is 0 Å². The van der Waals surface area contributed by atoms with Crippen molar-refractivity contribution in [2.45, 2.75) is 168 Å². The van der Waals surface area contributed by atoms with Gasteiger partial charge in [-0.05, 0) is 37.8 Å². The molecule has 0 aromatic carbocycles. The summed E-state index contributed by atoms with van der Waals surface area (Å²) >= 11 is 0. The van der Waals surface area contributed by atoms with Crippen molar-refractivity contribution in [2.24, 2.45) is 0 Å². The third-order valence-corrected chi connectivity index (χ3v) is 6.07. The maximum atomic E-state index is 9.93. The standard InChI is InChI=1S/C16H30O.C14H26O/c1-2-3-4-5-6-7-8-9-10-11-12-13-14-15-16-17;1-2-3-4-5-6-7-8-9-10-11-12-13-14-15/h15H,2-14H2,1H3;13H,2-12H2,1H3. The Balaban J connectivity index is 0. The van der Waals surface area contributed by atoms with Crippen molar-refractivity contribution in [1.82, 2.24) is 0 Å². The highest BCUT2D eigenvalue weighted by molar-refractivity contribution is 5.44. The van der Waals surface area contributed by atoms with Crippen LogP contribution in [-0.4, -0.2) is 11.9 Å². The summed E-state index contributed by atoms with van der Waals surface area (Å²) in [6, 6.07) is 0. The minimum atomic E-state index is 0.917.